The summed E-state index contributed by atoms with van der Waals surface area (Å²) in [5, 5.41) is 2.95. The Labute approximate surface area is 125 Å². The van der Waals surface area contributed by atoms with Crippen LogP contribution in [-0.2, 0) is 4.57 Å². The van der Waals surface area contributed by atoms with Crippen LogP contribution in [0.4, 0.5) is 0 Å². The van der Waals surface area contributed by atoms with E-state index >= 15 is 0 Å². The van der Waals surface area contributed by atoms with Crippen molar-refractivity contribution in [1.82, 2.24) is 5.09 Å². The van der Waals surface area contributed by atoms with Gasteiger partial charge in [0.05, 0.1) is 0 Å². The van der Waals surface area contributed by atoms with Gasteiger partial charge in [-0.15, -0.1) is 0 Å². The number of para-hydroxylation sites is 2. The second-order valence-corrected chi connectivity index (χ2v) is 6.36. The van der Waals surface area contributed by atoms with Gasteiger partial charge in [0.25, 0.3) is 0 Å². The molecule has 112 valence electrons. The van der Waals surface area contributed by atoms with Crippen molar-refractivity contribution in [3.05, 3.63) is 60.7 Å². The molecular formula is C16H20NO3P. The monoisotopic (exact) mass is 305 g/mol. The zero-order valence-electron chi connectivity index (χ0n) is 12.2. The van der Waals surface area contributed by atoms with Crippen LogP contribution in [-0.4, -0.2) is 6.04 Å². The minimum absolute atomic E-state index is 0.0169. The normalized spacial score (nSPS) is 12.7. The molecule has 1 N–H and O–H groups in total. The van der Waals surface area contributed by atoms with Crippen LogP contribution >= 0.6 is 7.75 Å². The van der Waals surface area contributed by atoms with Crippen molar-refractivity contribution >= 4 is 7.75 Å². The number of hydrogen-bond donors (Lipinski definition) is 1. The van der Waals surface area contributed by atoms with Gasteiger partial charge >= 0.3 is 7.75 Å². The van der Waals surface area contributed by atoms with E-state index in [-0.39, 0.29) is 6.04 Å². The molecule has 21 heavy (non-hydrogen) atoms. The molecule has 0 bridgehead atoms. The lowest BCUT2D eigenvalue weighted by molar-refractivity contribution is 0.361. The molecule has 4 nitrogen and oxygen atoms in total. The van der Waals surface area contributed by atoms with Gasteiger partial charge in [-0.05, 0) is 37.6 Å². The summed E-state index contributed by atoms with van der Waals surface area (Å²) in [5.41, 5.74) is 0. The van der Waals surface area contributed by atoms with Gasteiger partial charge in [0.15, 0.2) is 0 Å². The Bertz CT molecular complexity index is 543. The molecule has 2 aromatic rings. The van der Waals surface area contributed by atoms with Crippen molar-refractivity contribution in [2.24, 2.45) is 0 Å². The Morgan fingerprint density at radius 2 is 1.38 bits per heavy atom. The maximum absolute atomic E-state index is 13.0. The van der Waals surface area contributed by atoms with Crippen LogP contribution < -0.4 is 14.1 Å². The first kappa shape index (κ1) is 15.6. The fraction of sp³-hybridized carbons (Fsp3) is 0.250. The summed E-state index contributed by atoms with van der Waals surface area (Å²) < 4.78 is 24.2. The molecule has 0 fully saturated rings. The third-order valence-corrected chi connectivity index (χ3v) is 4.59. The number of rotatable bonds is 7. The lowest BCUT2D eigenvalue weighted by atomic mass is 10.3. The van der Waals surface area contributed by atoms with E-state index in [0.717, 1.165) is 6.42 Å². The number of nitrogens with one attached hydrogen (secondary N) is 1. The van der Waals surface area contributed by atoms with Crippen molar-refractivity contribution in [3.8, 4) is 11.5 Å². The van der Waals surface area contributed by atoms with Crippen molar-refractivity contribution in [2.75, 3.05) is 0 Å². The molecule has 0 saturated carbocycles. The zero-order chi connectivity index (χ0) is 15.1. The second kappa shape index (κ2) is 7.30. The highest BCUT2D eigenvalue weighted by Gasteiger charge is 2.30. The SMILES string of the molecule is CC[C@H](C)NP(=O)(Oc1ccccc1)Oc1ccccc1. The van der Waals surface area contributed by atoms with E-state index in [1.165, 1.54) is 0 Å². The molecule has 0 spiro atoms. The molecule has 0 aliphatic carbocycles. The Morgan fingerprint density at radius 3 is 1.76 bits per heavy atom. The largest absolute Gasteiger partial charge is 0.513 e. The third kappa shape index (κ3) is 4.92. The summed E-state index contributed by atoms with van der Waals surface area (Å²) in [5.74, 6) is 1.01. The van der Waals surface area contributed by atoms with Crippen LogP contribution in [0, 0.1) is 0 Å². The topological polar surface area (TPSA) is 47.6 Å². The summed E-state index contributed by atoms with van der Waals surface area (Å²) in [6, 6.07) is 18.1. The van der Waals surface area contributed by atoms with Crippen LogP contribution in [0.15, 0.2) is 60.7 Å². The summed E-state index contributed by atoms with van der Waals surface area (Å²) in [6.07, 6.45) is 0.820. The molecule has 0 aromatic heterocycles. The Balaban J connectivity index is 2.19. The lowest BCUT2D eigenvalue weighted by Gasteiger charge is -2.23. The summed E-state index contributed by atoms with van der Waals surface area (Å²) >= 11 is 0. The maximum Gasteiger partial charge on any atom is 0.513 e. The van der Waals surface area contributed by atoms with Crippen molar-refractivity contribution in [2.45, 2.75) is 26.3 Å². The fourth-order valence-electron chi connectivity index (χ4n) is 1.67. The fourth-order valence-corrected chi connectivity index (χ4v) is 3.34. The van der Waals surface area contributed by atoms with Gasteiger partial charge in [0, 0.05) is 6.04 Å². The number of hydrogen-bond acceptors (Lipinski definition) is 3. The molecule has 2 aromatic carbocycles. The van der Waals surface area contributed by atoms with Crippen molar-refractivity contribution in [1.29, 1.82) is 0 Å². The molecule has 0 aliphatic heterocycles. The minimum atomic E-state index is -3.49. The van der Waals surface area contributed by atoms with Crippen LogP contribution in [0.3, 0.4) is 0 Å². The van der Waals surface area contributed by atoms with Crippen molar-refractivity contribution < 1.29 is 13.6 Å². The number of benzene rings is 2. The highest BCUT2D eigenvalue weighted by molar-refractivity contribution is 7.52. The molecule has 2 rings (SSSR count). The predicted molar refractivity (Wildman–Crippen MR) is 84.6 cm³/mol. The molecule has 5 heteroatoms. The smallest absolute Gasteiger partial charge is 0.405 e. The van der Waals surface area contributed by atoms with Gasteiger partial charge in [-0.3, -0.25) is 0 Å². The van der Waals surface area contributed by atoms with Crippen LogP contribution in [0.25, 0.3) is 0 Å². The van der Waals surface area contributed by atoms with Gasteiger partial charge in [-0.25, -0.2) is 4.57 Å². The van der Waals surface area contributed by atoms with Crippen LogP contribution in [0.2, 0.25) is 0 Å². The molecule has 0 unspecified atom stereocenters. The summed E-state index contributed by atoms with van der Waals surface area (Å²) in [6.45, 7) is 3.95. The standard InChI is InChI=1S/C16H20NO3P/c1-3-14(2)17-21(18,19-15-10-6-4-7-11-15)20-16-12-8-5-9-13-16/h4-14H,3H2,1-2H3,(H,17,18)/t14-/m0/s1. The van der Waals surface area contributed by atoms with Gasteiger partial charge in [-0.1, -0.05) is 43.3 Å². The quantitative estimate of drug-likeness (QED) is 0.757. The molecule has 0 radical (unpaired) electrons. The highest BCUT2D eigenvalue weighted by Crippen LogP contribution is 2.45. The Morgan fingerprint density at radius 1 is 0.952 bits per heavy atom. The first-order chi connectivity index (χ1) is 10.1. The lowest BCUT2D eigenvalue weighted by Crippen LogP contribution is -2.27. The minimum Gasteiger partial charge on any atom is -0.405 e. The molecule has 0 heterocycles. The third-order valence-electron chi connectivity index (χ3n) is 2.93. The van der Waals surface area contributed by atoms with E-state index < -0.39 is 7.75 Å². The first-order valence-corrected chi connectivity index (χ1v) is 8.52. The first-order valence-electron chi connectivity index (χ1n) is 6.98. The van der Waals surface area contributed by atoms with E-state index in [0.29, 0.717) is 11.5 Å². The molecule has 0 amide bonds. The van der Waals surface area contributed by atoms with E-state index in [9.17, 15) is 4.57 Å². The second-order valence-electron chi connectivity index (χ2n) is 4.74. The molecule has 1 atom stereocenters. The van der Waals surface area contributed by atoms with E-state index in [1.807, 2.05) is 50.2 Å². The maximum atomic E-state index is 13.0. The predicted octanol–water partition coefficient (Wildman–Crippen LogP) is 4.64. The summed E-state index contributed by atoms with van der Waals surface area (Å²) in [4.78, 5) is 0. The van der Waals surface area contributed by atoms with E-state index in [4.69, 9.17) is 9.05 Å². The van der Waals surface area contributed by atoms with E-state index in [2.05, 4.69) is 5.09 Å². The zero-order valence-corrected chi connectivity index (χ0v) is 13.1. The summed E-state index contributed by atoms with van der Waals surface area (Å²) in [7, 11) is -3.49. The average Bonchev–Trinajstić information content (AvgIpc) is 2.48. The van der Waals surface area contributed by atoms with Crippen LogP contribution in [0.5, 0.6) is 11.5 Å². The van der Waals surface area contributed by atoms with Crippen molar-refractivity contribution in [3.63, 3.8) is 0 Å². The highest BCUT2D eigenvalue weighted by atomic mass is 31.2. The molecule has 0 saturated heterocycles. The van der Waals surface area contributed by atoms with E-state index in [1.54, 1.807) is 24.3 Å². The Kier molecular flexibility index (Phi) is 5.43. The van der Waals surface area contributed by atoms with Gasteiger partial charge in [-0.2, -0.15) is 5.09 Å². The van der Waals surface area contributed by atoms with Gasteiger partial charge in [0.1, 0.15) is 11.5 Å². The Hall–Kier alpha value is -1.77. The van der Waals surface area contributed by atoms with Gasteiger partial charge < -0.3 is 9.05 Å². The molecule has 0 aliphatic rings. The van der Waals surface area contributed by atoms with Gasteiger partial charge in [0.2, 0.25) is 0 Å². The molecular weight excluding hydrogens is 285 g/mol. The van der Waals surface area contributed by atoms with Crippen LogP contribution in [0.1, 0.15) is 20.3 Å². The average molecular weight is 305 g/mol.